The molecule has 0 nitrogen and oxygen atoms in total. The van der Waals surface area contributed by atoms with Crippen molar-refractivity contribution in [3.63, 3.8) is 0 Å². The molecule has 0 spiro atoms. The summed E-state index contributed by atoms with van der Waals surface area (Å²) >= 11 is 12.2. The van der Waals surface area contributed by atoms with Crippen LogP contribution in [-0.4, -0.2) is 4.84 Å². The number of hydrogen-bond acceptors (Lipinski definition) is 0. The Balaban J connectivity index is 0.000000477. The van der Waals surface area contributed by atoms with E-state index >= 15 is 0 Å². The molecule has 0 amide bonds. The molecule has 0 saturated heterocycles. The molecule has 3 aliphatic rings. The van der Waals surface area contributed by atoms with Gasteiger partial charge in [-0.3, -0.25) is 0 Å². The second-order valence-corrected chi connectivity index (χ2v) is 10.7. The second-order valence-electron chi connectivity index (χ2n) is 5.78. The summed E-state index contributed by atoms with van der Waals surface area (Å²) in [7, 11) is 0. The van der Waals surface area contributed by atoms with Crippen molar-refractivity contribution in [3.8, 4) is 0 Å². The average molecular weight is 513 g/mol. The molecule has 0 aliphatic heterocycles. The van der Waals surface area contributed by atoms with Crippen LogP contribution in [0.4, 0.5) is 0 Å². The van der Waals surface area contributed by atoms with Gasteiger partial charge in [-0.05, 0) is 6.92 Å². The molecule has 1 atom stereocenters. The summed E-state index contributed by atoms with van der Waals surface area (Å²) < 4.78 is 3.88. The maximum absolute atomic E-state index is 5.04. The quantitative estimate of drug-likeness (QED) is 0.281. The van der Waals surface area contributed by atoms with Crippen molar-refractivity contribution >= 4 is 54.1 Å². The molecule has 1 aromatic carbocycles. The van der Waals surface area contributed by atoms with Crippen molar-refractivity contribution < 1.29 is 39.6 Å². The zero-order valence-electron chi connectivity index (χ0n) is 15.1. The fourth-order valence-corrected chi connectivity index (χ4v) is 5.16. The number of fused-ring (bicyclic) bond motifs is 1. The first-order chi connectivity index (χ1) is 12.1. The summed E-state index contributed by atoms with van der Waals surface area (Å²) in [6.45, 7) is 1.70. The number of halogens is 4. The van der Waals surface area contributed by atoms with Gasteiger partial charge >= 0.3 is 148 Å². The monoisotopic (exact) mass is 511 g/mol. The van der Waals surface area contributed by atoms with Crippen LogP contribution < -0.4 is 0 Å². The van der Waals surface area contributed by atoms with Crippen LogP contribution in [0.1, 0.15) is 35.1 Å². The van der Waals surface area contributed by atoms with Gasteiger partial charge in [0, 0.05) is 0 Å². The van der Waals surface area contributed by atoms with Gasteiger partial charge in [-0.25, -0.2) is 0 Å². The Morgan fingerprint density at radius 1 is 1.04 bits per heavy atom. The Morgan fingerprint density at radius 2 is 1.67 bits per heavy atom. The van der Waals surface area contributed by atoms with Gasteiger partial charge in [0.05, 0.1) is 0 Å². The van der Waals surface area contributed by atoms with Crippen LogP contribution in [0.15, 0.2) is 74.6 Å². The molecule has 0 fully saturated rings. The molecule has 0 N–H and O–H groups in total. The van der Waals surface area contributed by atoms with E-state index in [1.807, 2.05) is 0 Å². The van der Waals surface area contributed by atoms with E-state index in [1.165, 1.54) is 22.3 Å². The molecule has 0 radical (unpaired) electrons. The Kier molecular flexibility index (Phi) is 15.7. The fraction of sp³-hybridized carbons (Fsp3) is 0.238. The first-order valence-electron chi connectivity index (χ1n) is 8.31. The third kappa shape index (κ3) is 10.7. The molecular weight excluding hydrogens is 490 g/mol. The summed E-state index contributed by atoms with van der Waals surface area (Å²) in [5.41, 5.74) is 2.98. The van der Waals surface area contributed by atoms with Gasteiger partial charge in [0.2, 0.25) is 0 Å². The van der Waals surface area contributed by atoms with Gasteiger partial charge in [0.15, 0.2) is 0 Å². The van der Waals surface area contributed by atoms with E-state index in [-0.39, 0.29) is 48.8 Å². The number of hydrogen-bond donors (Lipinski definition) is 0. The fourth-order valence-electron chi connectivity index (χ4n) is 2.58. The van der Waals surface area contributed by atoms with E-state index in [0.29, 0.717) is 0 Å². The predicted molar refractivity (Wildman–Crippen MR) is 118 cm³/mol. The molecule has 0 heterocycles. The number of allylic oxidation sites excluding steroid dienone is 9. The van der Waals surface area contributed by atoms with Crippen molar-refractivity contribution in [2.75, 3.05) is 0 Å². The van der Waals surface area contributed by atoms with Gasteiger partial charge in [0.25, 0.3) is 0 Å². The van der Waals surface area contributed by atoms with E-state index in [2.05, 4.69) is 93.3 Å². The van der Waals surface area contributed by atoms with Crippen molar-refractivity contribution in [1.82, 2.24) is 0 Å². The van der Waals surface area contributed by atoms with Crippen molar-refractivity contribution in [2.45, 2.75) is 28.8 Å². The third-order valence-corrected chi connectivity index (χ3v) is 6.69. The molecule has 0 aromatic heterocycles. The van der Waals surface area contributed by atoms with Crippen molar-refractivity contribution in [3.05, 3.63) is 85.7 Å². The summed E-state index contributed by atoms with van der Waals surface area (Å²) in [5.74, 6) is 0. The van der Waals surface area contributed by atoms with E-state index in [9.17, 15) is 0 Å². The molecule has 27 heavy (non-hydrogen) atoms. The molecule has 1 unspecified atom stereocenters. The standard InChI is InChI=1S/C9H7.2C5H5.C2H4Cl2.2ClH.2Ti/c1-2-5-9-7-3-6-8(9)4-1;2*1-2-4-5-3-1;1-2(3)4;;;;/h1-7H;2*1-3H,4H2;2H,1H3;2*1H;;. The van der Waals surface area contributed by atoms with Crippen LogP contribution >= 0.6 is 48.0 Å². The van der Waals surface area contributed by atoms with Crippen LogP contribution in [0.2, 0.25) is 0 Å². The molecule has 3 aliphatic carbocycles. The van der Waals surface area contributed by atoms with E-state index in [1.54, 1.807) is 16.4 Å². The molecule has 6 heteroatoms. The van der Waals surface area contributed by atoms with E-state index in [0.717, 1.165) is 4.22 Å². The van der Waals surface area contributed by atoms with Crippen LogP contribution in [0, 0.1) is 0 Å². The first kappa shape index (κ1) is 27.5. The predicted octanol–water partition coefficient (Wildman–Crippen LogP) is 7.71. The SMILES string of the molecule is C1=CC[C]([Ti][CH]2C=Cc3ccccc32)=C1.CC(Cl)Cl.Cl.Cl.[Ti][C]1=CC=CC1. The Hall–Kier alpha value is 0.509. The van der Waals surface area contributed by atoms with Gasteiger partial charge in [0.1, 0.15) is 4.84 Å². The van der Waals surface area contributed by atoms with Crippen molar-refractivity contribution in [1.29, 1.82) is 0 Å². The van der Waals surface area contributed by atoms with Crippen molar-refractivity contribution in [2.24, 2.45) is 0 Å². The molecule has 0 saturated carbocycles. The number of rotatable bonds is 2. The van der Waals surface area contributed by atoms with E-state index in [4.69, 9.17) is 23.2 Å². The molecule has 4 rings (SSSR count). The molecule has 0 bridgehead atoms. The van der Waals surface area contributed by atoms with E-state index < -0.39 is 0 Å². The van der Waals surface area contributed by atoms with Gasteiger partial charge in [-0.2, -0.15) is 0 Å². The summed E-state index contributed by atoms with van der Waals surface area (Å²) in [6.07, 6.45) is 20.2. The topological polar surface area (TPSA) is 0 Å². The van der Waals surface area contributed by atoms with Crippen LogP contribution in [-0.2, 0) is 39.6 Å². The Labute approximate surface area is 206 Å². The zero-order chi connectivity index (χ0) is 18.1. The summed E-state index contributed by atoms with van der Waals surface area (Å²) in [4.78, 5) is -0.222. The maximum atomic E-state index is 5.04. The van der Waals surface area contributed by atoms with Crippen LogP contribution in [0.25, 0.3) is 6.08 Å². The summed E-state index contributed by atoms with van der Waals surface area (Å²) in [6, 6.07) is 8.79. The minimum absolute atomic E-state index is 0. The normalized spacial score (nSPS) is 17.4. The first-order valence-corrected chi connectivity index (χ1v) is 11.6. The number of benzene rings is 1. The van der Waals surface area contributed by atoms with Crippen LogP contribution in [0.5, 0.6) is 0 Å². The van der Waals surface area contributed by atoms with Gasteiger partial charge < -0.3 is 0 Å². The van der Waals surface area contributed by atoms with Gasteiger partial charge in [-0.15, -0.1) is 48.0 Å². The zero-order valence-corrected chi connectivity index (χ0v) is 21.3. The second kappa shape index (κ2) is 15.4. The molecular formula is C21H23Cl4Ti2. The van der Waals surface area contributed by atoms with Crippen LogP contribution in [0.3, 0.4) is 0 Å². The minimum atomic E-state index is -0.222. The molecule has 143 valence electrons. The average Bonchev–Trinajstić information content (AvgIpc) is 3.31. The summed E-state index contributed by atoms with van der Waals surface area (Å²) in [5, 5.41) is 0. The van der Waals surface area contributed by atoms with Gasteiger partial charge in [-0.1, -0.05) is 0 Å². The Bertz CT molecular complexity index is 716. The number of alkyl halides is 2. The molecule has 1 aromatic rings. The third-order valence-electron chi connectivity index (χ3n) is 3.68. The Morgan fingerprint density at radius 3 is 2.19 bits per heavy atom.